The molecule has 0 spiro atoms. The summed E-state index contributed by atoms with van der Waals surface area (Å²) in [7, 11) is 2.09. The molecule has 0 aromatic carbocycles. The quantitative estimate of drug-likeness (QED) is 0.803. The molecule has 2 aliphatic heterocycles. The van der Waals surface area contributed by atoms with Gasteiger partial charge in [-0.15, -0.1) is 0 Å². The van der Waals surface area contributed by atoms with Gasteiger partial charge in [0.1, 0.15) is 0 Å². The van der Waals surface area contributed by atoms with E-state index < -0.39 is 0 Å². The normalized spacial score (nSPS) is 29.6. The average molecular weight is 239 g/mol. The molecule has 2 saturated heterocycles. The van der Waals surface area contributed by atoms with Crippen LogP contribution in [0.4, 0.5) is 0 Å². The molecular weight excluding hydrogens is 210 g/mol. The van der Waals surface area contributed by atoms with Crippen LogP contribution in [0.15, 0.2) is 0 Å². The minimum absolute atomic E-state index is 0.798. The summed E-state index contributed by atoms with van der Waals surface area (Å²) in [5.74, 6) is 0. The number of likely N-dealkylation sites (N-methyl/N-ethyl adjacent to an activating group) is 1. The van der Waals surface area contributed by atoms with Crippen molar-refractivity contribution in [2.45, 2.75) is 51.1 Å². The van der Waals surface area contributed by atoms with Crippen molar-refractivity contribution >= 4 is 0 Å². The fraction of sp³-hybridized carbons (Fsp3) is 1.00. The number of piperidine rings is 2. The summed E-state index contributed by atoms with van der Waals surface area (Å²) >= 11 is 0. The van der Waals surface area contributed by atoms with E-state index >= 15 is 0 Å². The van der Waals surface area contributed by atoms with Gasteiger partial charge in [-0.25, -0.2) is 0 Å². The lowest BCUT2D eigenvalue weighted by molar-refractivity contribution is 0.0523. The third-order valence-electron chi connectivity index (χ3n) is 4.59. The maximum Gasteiger partial charge on any atom is 0.0223 e. The van der Waals surface area contributed by atoms with Gasteiger partial charge in [-0.2, -0.15) is 0 Å². The van der Waals surface area contributed by atoms with Crippen LogP contribution < -0.4 is 5.32 Å². The van der Waals surface area contributed by atoms with Crippen molar-refractivity contribution in [1.29, 1.82) is 0 Å². The Morgan fingerprint density at radius 1 is 1.06 bits per heavy atom. The van der Waals surface area contributed by atoms with Crippen molar-refractivity contribution in [3.8, 4) is 0 Å². The Morgan fingerprint density at radius 2 is 1.82 bits per heavy atom. The summed E-state index contributed by atoms with van der Waals surface area (Å²) in [4.78, 5) is 5.40. The lowest BCUT2D eigenvalue weighted by Gasteiger charge is -2.44. The molecule has 0 amide bonds. The first-order valence-corrected chi connectivity index (χ1v) is 7.47. The molecule has 1 unspecified atom stereocenters. The molecule has 0 radical (unpaired) electrons. The van der Waals surface area contributed by atoms with Gasteiger partial charge in [0.15, 0.2) is 0 Å². The van der Waals surface area contributed by atoms with E-state index in [1.54, 1.807) is 0 Å². The van der Waals surface area contributed by atoms with Crippen molar-refractivity contribution < 1.29 is 0 Å². The molecule has 3 heteroatoms. The van der Waals surface area contributed by atoms with Gasteiger partial charge in [0.25, 0.3) is 0 Å². The topological polar surface area (TPSA) is 18.5 Å². The minimum Gasteiger partial charge on any atom is -0.318 e. The Balaban J connectivity index is 1.86. The molecule has 17 heavy (non-hydrogen) atoms. The molecule has 2 rings (SSSR count). The maximum absolute atomic E-state index is 3.37. The molecule has 2 heterocycles. The molecule has 100 valence electrons. The van der Waals surface area contributed by atoms with Crippen LogP contribution in [0.5, 0.6) is 0 Å². The van der Waals surface area contributed by atoms with E-state index in [2.05, 4.69) is 29.1 Å². The molecule has 2 fully saturated rings. The van der Waals surface area contributed by atoms with Crippen LogP contribution in [-0.4, -0.2) is 61.7 Å². The Bertz CT molecular complexity index is 210. The molecule has 1 N–H and O–H groups in total. The highest BCUT2D eigenvalue weighted by Crippen LogP contribution is 2.24. The van der Waals surface area contributed by atoms with Crippen molar-refractivity contribution in [2.75, 3.05) is 39.8 Å². The highest BCUT2D eigenvalue weighted by atomic mass is 15.2. The largest absolute Gasteiger partial charge is 0.318 e. The molecule has 0 aliphatic carbocycles. The van der Waals surface area contributed by atoms with E-state index in [9.17, 15) is 0 Å². The highest BCUT2D eigenvalue weighted by Gasteiger charge is 2.30. The standard InChI is InChI=1S/C14H29N3/c1-3-16-10-7-13(8-11-16)17-9-5-4-6-14(17)12-15-2/h13-15H,3-12H2,1-2H3. The molecule has 0 aromatic rings. The average Bonchev–Trinajstić information content (AvgIpc) is 2.40. The summed E-state index contributed by atoms with van der Waals surface area (Å²) < 4.78 is 0. The van der Waals surface area contributed by atoms with E-state index in [0.717, 1.165) is 12.1 Å². The Kier molecular flexibility index (Phi) is 5.26. The molecule has 1 atom stereocenters. The lowest BCUT2D eigenvalue weighted by atomic mass is 9.95. The lowest BCUT2D eigenvalue weighted by Crippen LogP contribution is -2.53. The monoisotopic (exact) mass is 239 g/mol. The van der Waals surface area contributed by atoms with Crippen LogP contribution in [0, 0.1) is 0 Å². The Labute approximate surface area is 107 Å². The van der Waals surface area contributed by atoms with Gasteiger partial charge in [0, 0.05) is 18.6 Å². The van der Waals surface area contributed by atoms with Crippen LogP contribution in [0.2, 0.25) is 0 Å². The second-order valence-corrected chi connectivity index (χ2v) is 5.61. The first-order chi connectivity index (χ1) is 8.35. The molecule has 0 aromatic heterocycles. The maximum atomic E-state index is 3.37. The summed E-state index contributed by atoms with van der Waals surface area (Å²) in [6.07, 6.45) is 7.00. The van der Waals surface area contributed by atoms with Gasteiger partial charge in [-0.3, -0.25) is 4.90 Å². The number of nitrogens with zero attached hydrogens (tertiary/aromatic N) is 2. The van der Waals surface area contributed by atoms with E-state index in [1.807, 2.05) is 0 Å². The molecule has 0 saturated carbocycles. The summed E-state index contributed by atoms with van der Waals surface area (Å²) in [6, 6.07) is 1.66. The van der Waals surface area contributed by atoms with Crippen LogP contribution in [0.25, 0.3) is 0 Å². The van der Waals surface area contributed by atoms with Crippen molar-refractivity contribution in [2.24, 2.45) is 0 Å². The van der Waals surface area contributed by atoms with E-state index in [0.29, 0.717) is 0 Å². The van der Waals surface area contributed by atoms with E-state index in [1.165, 1.54) is 64.8 Å². The van der Waals surface area contributed by atoms with Gasteiger partial charge in [0.2, 0.25) is 0 Å². The zero-order valence-corrected chi connectivity index (χ0v) is 11.6. The second kappa shape index (κ2) is 6.72. The summed E-state index contributed by atoms with van der Waals surface area (Å²) in [6.45, 7) is 8.64. The van der Waals surface area contributed by atoms with Crippen LogP contribution in [-0.2, 0) is 0 Å². The van der Waals surface area contributed by atoms with Crippen LogP contribution in [0.3, 0.4) is 0 Å². The van der Waals surface area contributed by atoms with Crippen molar-refractivity contribution in [1.82, 2.24) is 15.1 Å². The zero-order valence-electron chi connectivity index (χ0n) is 11.6. The number of rotatable bonds is 4. The fourth-order valence-corrected chi connectivity index (χ4v) is 3.53. The summed E-state index contributed by atoms with van der Waals surface area (Å²) in [5.41, 5.74) is 0. The Morgan fingerprint density at radius 3 is 2.47 bits per heavy atom. The SMILES string of the molecule is CCN1CCC(N2CCCCC2CNC)CC1. The predicted molar refractivity (Wildman–Crippen MR) is 73.4 cm³/mol. The van der Waals surface area contributed by atoms with Crippen LogP contribution in [0.1, 0.15) is 39.0 Å². The van der Waals surface area contributed by atoms with Gasteiger partial charge in [-0.1, -0.05) is 13.3 Å². The number of nitrogens with one attached hydrogen (secondary N) is 1. The van der Waals surface area contributed by atoms with E-state index in [-0.39, 0.29) is 0 Å². The highest BCUT2D eigenvalue weighted by molar-refractivity contribution is 4.87. The second-order valence-electron chi connectivity index (χ2n) is 5.61. The third-order valence-corrected chi connectivity index (χ3v) is 4.59. The van der Waals surface area contributed by atoms with Gasteiger partial charge < -0.3 is 10.2 Å². The number of hydrogen-bond donors (Lipinski definition) is 1. The molecular formula is C14H29N3. The first-order valence-electron chi connectivity index (χ1n) is 7.47. The van der Waals surface area contributed by atoms with Gasteiger partial charge in [-0.05, 0) is 58.9 Å². The zero-order chi connectivity index (χ0) is 12.1. The molecule has 2 aliphatic rings. The first kappa shape index (κ1) is 13.3. The Hall–Kier alpha value is -0.120. The third kappa shape index (κ3) is 3.43. The van der Waals surface area contributed by atoms with Crippen LogP contribution >= 0.6 is 0 Å². The minimum atomic E-state index is 0.798. The van der Waals surface area contributed by atoms with E-state index in [4.69, 9.17) is 0 Å². The van der Waals surface area contributed by atoms with Crippen molar-refractivity contribution in [3.63, 3.8) is 0 Å². The number of hydrogen-bond acceptors (Lipinski definition) is 3. The molecule has 0 bridgehead atoms. The number of likely N-dealkylation sites (tertiary alicyclic amines) is 2. The fourth-order valence-electron chi connectivity index (χ4n) is 3.53. The predicted octanol–water partition coefficient (Wildman–Crippen LogP) is 1.54. The van der Waals surface area contributed by atoms with Gasteiger partial charge >= 0.3 is 0 Å². The smallest absolute Gasteiger partial charge is 0.0223 e. The summed E-state index contributed by atoms with van der Waals surface area (Å²) in [5, 5.41) is 3.37. The molecule has 3 nitrogen and oxygen atoms in total. The van der Waals surface area contributed by atoms with Gasteiger partial charge in [0.05, 0.1) is 0 Å². The van der Waals surface area contributed by atoms with Crippen molar-refractivity contribution in [3.05, 3.63) is 0 Å².